The van der Waals surface area contributed by atoms with Crippen LogP contribution in [0.1, 0.15) is 31.7 Å². The van der Waals surface area contributed by atoms with Crippen molar-refractivity contribution in [2.24, 2.45) is 0 Å². The summed E-state index contributed by atoms with van der Waals surface area (Å²) in [5, 5.41) is 6.37. The van der Waals surface area contributed by atoms with Gasteiger partial charge >= 0.3 is 0 Å². The molecule has 18 heavy (non-hydrogen) atoms. The van der Waals surface area contributed by atoms with Gasteiger partial charge in [0.2, 0.25) is 5.91 Å². The van der Waals surface area contributed by atoms with Crippen LogP contribution in [0.4, 0.5) is 0 Å². The number of hydrogen-bond acceptors (Lipinski definition) is 2. The highest BCUT2D eigenvalue weighted by Crippen LogP contribution is 2.08. The average molecular weight is 246 g/mol. The van der Waals surface area contributed by atoms with Gasteiger partial charge in [0.05, 0.1) is 6.04 Å². The van der Waals surface area contributed by atoms with Crippen molar-refractivity contribution in [2.75, 3.05) is 6.54 Å². The third-order valence-electron chi connectivity index (χ3n) is 3.40. The Bertz CT molecular complexity index is 371. The summed E-state index contributed by atoms with van der Waals surface area (Å²) in [4.78, 5) is 12.0. The molecule has 0 aliphatic carbocycles. The summed E-state index contributed by atoms with van der Waals surface area (Å²) >= 11 is 0. The fourth-order valence-corrected chi connectivity index (χ4v) is 2.44. The van der Waals surface area contributed by atoms with Gasteiger partial charge in [0.25, 0.3) is 0 Å². The van der Waals surface area contributed by atoms with Crippen LogP contribution in [0, 0.1) is 0 Å². The Morgan fingerprint density at radius 3 is 2.83 bits per heavy atom. The van der Waals surface area contributed by atoms with Crippen molar-refractivity contribution in [1.29, 1.82) is 0 Å². The first kappa shape index (κ1) is 13.1. The van der Waals surface area contributed by atoms with Crippen LogP contribution in [0.15, 0.2) is 30.3 Å². The zero-order valence-electron chi connectivity index (χ0n) is 11.0. The van der Waals surface area contributed by atoms with Crippen molar-refractivity contribution in [3.63, 3.8) is 0 Å². The van der Waals surface area contributed by atoms with E-state index < -0.39 is 0 Å². The molecular weight excluding hydrogens is 224 g/mol. The quantitative estimate of drug-likeness (QED) is 0.851. The molecule has 1 aliphatic heterocycles. The molecule has 98 valence electrons. The molecule has 1 amide bonds. The molecular formula is C15H22N2O. The lowest BCUT2D eigenvalue weighted by molar-refractivity contribution is -0.124. The molecule has 1 heterocycles. The van der Waals surface area contributed by atoms with Gasteiger partial charge in [-0.1, -0.05) is 36.8 Å². The van der Waals surface area contributed by atoms with E-state index in [-0.39, 0.29) is 18.0 Å². The summed E-state index contributed by atoms with van der Waals surface area (Å²) < 4.78 is 0. The average Bonchev–Trinajstić information content (AvgIpc) is 2.40. The molecule has 1 fully saturated rings. The molecule has 0 radical (unpaired) electrons. The van der Waals surface area contributed by atoms with Crippen LogP contribution in [0.25, 0.3) is 0 Å². The topological polar surface area (TPSA) is 41.1 Å². The monoisotopic (exact) mass is 246 g/mol. The molecule has 0 spiro atoms. The van der Waals surface area contributed by atoms with Gasteiger partial charge < -0.3 is 10.6 Å². The van der Waals surface area contributed by atoms with Crippen molar-refractivity contribution in [2.45, 2.75) is 44.7 Å². The minimum atomic E-state index is 0.0111. The minimum absolute atomic E-state index is 0.0111. The lowest BCUT2D eigenvalue weighted by atomic mass is 10.0. The number of carbonyl (C=O) groups is 1. The predicted octanol–water partition coefficient (Wildman–Crippen LogP) is 1.88. The van der Waals surface area contributed by atoms with Crippen LogP contribution in [-0.4, -0.2) is 24.5 Å². The molecule has 0 aromatic heterocycles. The van der Waals surface area contributed by atoms with Crippen LogP contribution in [0.3, 0.4) is 0 Å². The second-order valence-corrected chi connectivity index (χ2v) is 5.10. The van der Waals surface area contributed by atoms with Gasteiger partial charge in [-0.05, 0) is 38.3 Å². The first-order valence-electron chi connectivity index (χ1n) is 6.83. The Hall–Kier alpha value is -1.35. The number of hydrogen-bond donors (Lipinski definition) is 2. The number of nitrogens with one attached hydrogen (secondary N) is 2. The zero-order valence-corrected chi connectivity index (χ0v) is 11.0. The first-order chi connectivity index (χ1) is 8.75. The largest absolute Gasteiger partial charge is 0.352 e. The molecule has 3 nitrogen and oxygen atoms in total. The van der Waals surface area contributed by atoms with Crippen LogP contribution >= 0.6 is 0 Å². The molecule has 2 rings (SSSR count). The lowest BCUT2D eigenvalue weighted by Crippen LogP contribution is -2.49. The third kappa shape index (κ3) is 3.84. The smallest absolute Gasteiger partial charge is 0.237 e. The molecule has 0 bridgehead atoms. The molecule has 2 atom stereocenters. The van der Waals surface area contributed by atoms with Crippen LogP contribution in [0.5, 0.6) is 0 Å². The van der Waals surface area contributed by atoms with E-state index in [1.165, 1.54) is 12.0 Å². The van der Waals surface area contributed by atoms with Crippen molar-refractivity contribution in [1.82, 2.24) is 10.6 Å². The summed E-state index contributed by atoms with van der Waals surface area (Å²) in [7, 11) is 0. The van der Waals surface area contributed by atoms with E-state index in [0.717, 1.165) is 25.8 Å². The number of amides is 1. The lowest BCUT2D eigenvalue weighted by Gasteiger charge is -2.24. The van der Waals surface area contributed by atoms with Gasteiger partial charge in [-0.25, -0.2) is 0 Å². The number of benzene rings is 1. The van der Waals surface area contributed by atoms with E-state index in [1.54, 1.807) is 0 Å². The van der Waals surface area contributed by atoms with Crippen LogP contribution < -0.4 is 10.6 Å². The van der Waals surface area contributed by atoms with Crippen LogP contribution in [0.2, 0.25) is 0 Å². The van der Waals surface area contributed by atoms with E-state index in [4.69, 9.17) is 0 Å². The number of rotatable bonds is 4. The molecule has 1 saturated heterocycles. The highest BCUT2D eigenvalue weighted by Gasteiger charge is 2.21. The van der Waals surface area contributed by atoms with Gasteiger partial charge in [-0.3, -0.25) is 4.79 Å². The Morgan fingerprint density at radius 2 is 2.17 bits per heavy atom. The van der Waals surface area contributed by atoms with Gasteiger partial charge in [0.15, 0.2) is 0 Å². The van der Waals surface area contributed by atoms with Gasteiger partial charge in [-0.2, -0.15) is 0 Å². The van der Waals surface area contributed by atoms with Crippen molar-refractivity contribution in [3.05, 3.63) is 35.9 Å². The van der Waals surface area contributed by atoms with E-state index in [2.05, 4.69) is 29.7 Å². The highest BCUT2D eigenvalue weighted by atomic mass is 16.2. The first-order valence-corrected chi connectivity index (χ1v) is 6.83. The van der Waals surface area contributed by atoms with E-state index in [9.17, 15) is 4.79 Å². The summed E-state index contributed by atoms with van der Waals surface area (Å²) in [6, 6.07) is 10.5. The summed E-state index contributed by atoms with van der Waals surface area (Å²) in [5.74, 6) is 0.151. The normalized spacial score (nSPS) is 21.3. The maximum atomic E-state index is 12.0. The molecule has 1 aromatic rings. The zero-order chi connectivity index (χ0) is 12.8. The summed E-state index contributed by atoms with van der Waals surface area (Å²) in [6.07, 6.45) is 4.19. The Balaban J connectivity index is 1.79. The molecule has 1 unspecified atom stereocenters. The summed E-state index contributed by atoms with van der Waals surface area (Å²) in [6.45, 7) is 3.03. The van der Waals surface area contributed by atoms with E-state index in [0.29, 0.717) is 0 Å². The minimum Gasteiger partial charge on any atom is -0.352 e. The third-order valence-corrected chi connectivity index (χ3v) is 3.40. The van der Waals surface area contributed by atoms with Crippen molar-refractivity contribution >= 4 is 5.91 Å². The van der Waals surface area contributed by atoms with E-state index in [1.807, 2.05) is 18.2 Å². The molecule has 3 heteroatoms. The van der Waals surface area contributed by atoms with E-state index >= 15 is 0 Å². The molecule has 1 aliphatic rings. The fourth-order valence-electron chi connectivity index (χ4n) is 2.44. The van der Waals surface area contributed by atoms with Crippen molar-refractivity contribution < 1.29 is 4.79 Å². The highest BCUT2D eigenvalue weighted by molar-refractivity contribution is 5.82. The molecule has 1 aromatic carbocycles. The standard InChI is InChI=1S/C15H22N2O/c1-12(11-13-7-3-2-4-8-13)17-15(18)14-9-5-6-10-16-14/h2-4,7-8,12,14,16H,5-6,9-11H2,1H3,(H,17,18)/t12?,14-/m1/s1. The SMILES string of the molecule is CC(Cc1ccccc1)NC(=O)[C@H]1CCCCN1. The van der Waals surface area contributed by atoms with Crippen LogP contribution in [-0.2, 0) is 11.2 Å². The molecule has 0 saturated carbocycles. The number of piperidine rings is 1. The van der Waals surface area contributed by atoms with Crippen molar-refractivity contribution in [3.8, 4) is 0 Å². The van der Waals surface area contributed by atoms with Gasteiger partial charge in [-0.15, -0.1) is 0 Å². The second kappa shape index (κ2) is 6.55. The number of carbonyl (C=O) groups excluding carboxylic acids is 1. The fraction of sp³-hybridized carbons (Fsp3) is 0.533. The van der Waals surface area contributed by atoms with Gasteiger partial charge in [0, 0.05) is 6.04 Å². The Kier molecular flexibility index (Phi) is 4.76. The van der Waals surface area contributed by atoms with Gasteiger partial charge in [0.1, 0.15) is 0 Å². The Morgan fingerprint density at radius 1 is 1.39 bits per heavy atom. The Labute approximate surface area is 109 Å². The predicted molar refractivity (Wildman–Crippen MR) is 73.4 cm³/mol. The maximum absolute atomic E-state index is 12.0. The summed E-state index contributed by atoms with van der Waals surface area (Å²) in [5.41, 5.74) is 1.27. The second-order valence-electron chi connectivity index (χ2n) is 5.10. The molecule has 2 N–H and O–H groups in total. The maximum Gasteiger partial charge on any atom is 0.237 e.